The van der Waals surface area contributed by atoms with Crippen molar-refractivity contribution >= 4 is 32.5 Å². The maximum Gasteiger partial charge on any atom is 0.271 e. The van der Waals surface area contributed by atoms with Crippen molar-refractivity contribution in [2.45, 2.75) is 18.4 Å². The third kappa shape index (κ3) is 4.01. The molecule has 2 aromatic carbocycles. The minimum atomic E-state index is -3.70. The van der Waals surface area contributed by atoms with Crippen LogP contribution in [0.4, 0.5) is 5.69 Å². The van der Waals surface area contributed by atoms with Gasteiger partial charge < -0.3 is 9.88 Å². The van der Waals surface area contributed by atoms with Crippen molar-refractivity contribution in [1.82, 2.24) is 14.9 Å². The molecule has 0 aliphatic heterocycles. The molecule has 146 valence electrons. The summed E-state index contributed by atoms with van der Waals surface area (Å²) in [4.78, 5) is 26.9. The first-order valence-corrected chi connectivity index (χ1v) is 10.3. The lowest BCUT2D eigenvalue weighted by molar-refractivity contribution is -0.385. The highest BCUT2D eigenvalue weighted by Gasteiger charge is 2.19. The van der Waals surface area contributed by atoms with Crippen molar-refractivity contribution in [2.24, 2.45) is 0 Å². The lowest BCUT2D eigenvalue weighted by Gasteiger charge is -2.09. The highest BCUT2D eigenvalue weighted by atomic mass is 32.2. The van der Waals surface area contributed by atoms with Crippen LogP contribution in [0.5, 0.6) is 0 Å². The monoisotopic (exact) mass is 402 g/mol. The first-order chi connectivity index (χ1) is 13.2. The second-order valence-electron chi connectivity index (χ2n) is 6.30. The summed E-state index contributed by atoms with van der Waals surface area (Å²) in [5.41, 5.74) is 1.25. The fourth-order valence-electron chi connectivity index (χ4n) is 2.90. The number of benzene rings is 2. The number of aryl methyl sites for hydroxylation is 1. The van der Waals surface area contributed by atoms with Crippen molar-refractivity contribution in [3.63, 3.8) is 0 Å². The summed E-state index contributed by atoms with van der Waals surface area (Å²) in [7, 11) is -3.70. The number of non-ortho nitro benzene ring substituents is 1. The zero-order valence-corrected chi connectivity index (χ0v) is 16.1. The van der Waals surface area contributed by atoms with Crippen molar-refractivity contribution in [3.8, 4) is 0 Å². The molecule has 9 nitrogen and oxygen atoms in total. The number of aromatic nitrogens is 2. The molecule has 0 aliphatic carbocycles. The summed E-state index contributed by atoms with van der Waals surface area (Å²) in [5.74, 6) is 0.209. The van der Waals surface area contributed by atoms with E-state index in [1.54, 1.807) is 0 Å². The van der Waals surface area contributed by atoms with E-state index in [2.05, 4.69) is 10.3 Å². The van der Waals surface area contributed by atoms with Gasteiger partial charge in [-0.15, -0.1) is 0 Å². The molecule has 28 heavy (non-hydrogen) atoms. The number of fused-ring (bicyclic) bond motifs is 1. The summed E-state index contributed by atoms with van der Waals surface area (Å²) in [6.45, 7) is 2.56. The Morgan fingerprint density at radius 2 is 1.96 bits per heavy atom. The molecule has 1 N–H and O–H groups in total. The van der Waals surface area contributed by atoms with E-state index in [-0.39, 0.29) is 17.0 Å². The molecule has 1 amide bonds. The van der Waals surface area contributed by atoms with Gasteiger partial charge in [-0.05, 0) is 25.1 Å². The molecule has 0 radical (unpaired) electrons. The number of hydrogen-bond donors (Lipinski definition) is 1. The molecule has 0 saturated carbocycles. The first-order valence-electron chi connectivity index (χ1n) is 8.36. The van der Waals surface area contributed by atoms with Gasteiger partial charge in [0.1, 0.15) is 5.82 Å². The number of hydrogen-bond acceptors (Lipinski definition) is 6. The van der Waals surface area contributed by atoms with Crippen molar-refractivity contribution in [3.05, 3.63) is 64.0 Å². The Bertz CT molecular complexity index is 1180. The Morgan fingerprint density at radius 3 is 2.64 bits per heavy atom. The van der Waals surface area contributed by atoms with Crippen LogP contribution in [0.25, 0.3) is 11.0 Å². The standard InChI is InChI=1S/C18H18N4O5S/c1-12-20-16-5-3-4-6-17(16)21(12)8-7-19-18(23)13-9-14(22(24)25)11-15(10-13)28(2,26)27/h3-6,9-11H,7-8H2,1-2H3,(H,19,23). The van der Waals surface area contributed by atoms with Gasteiger partial charge in [0.2, 0.25) is 0 Å². The fraction of sp³-hybridized carbons (Fsp3) is 0.222. The van der Waals surface area contributed by atoms with Crippen LogP contribution in [-0.2, 0) is 16.4 Å². The van der Waals surface area contributed by atoms with Crippen LogP contribution < -0.4 is 5.32 Å². The van der Waals surface area contributed by atoms with Gasteiger partial charge in [-0.1, -0.05) is 12.1 Å². The van der Waals surface area contributed by atoms with Crippen LogP contribution in [0.3, 0.4) is 0 Å². The summed E-state index contributed by atoms with van der Waals surface area (Å²) < 4.78 is 25.4. The van der Waals surface area contributed by atoms with Crippen molar-refractivity contribution in [2.75, 3.05) is 12.8 Å². The topological polar surface area (TPSA) is 124 Å². The van der Waals surface area contributed by atoms with Crippen LogP contribution in [0, 0.1) is 17.0 Å². The number of nitrogens with zero attached hydrogens (tertiary/aromatic N) is 3. The Balaban J connectivity index is 1.79. The molecule has 0 saturated heterocycles. The van der Waals surface area contributed by atoms with E-state index < -0.39 is 26.4 Å². The largest absolute Gasteiger partial charge is 0.350 e. The van der Waals surface area contributed by atoms with E-state index >= 15 is 0 Å². The number of nitro groups is 1. The maximum atomic E-state index is 12.4. The van der Waals surface area contributed by atoms with E-state index in [9.17, 15) is 23.3 Å². The summed E-state index contributed by atoms with van der Waals surface area (Å²) in [6, 6.07) is 10.7. The van der Waals surface area contributed by atoms with Crippen molar-refractivity contribution < 1.29 is 18.1 Å². The van der Waals surface area contributed by atoms with Crippen molar-refractivity contribution in [1.29, 1.82) is 0 Å². The highest BCUT2D eigenvalue weighted by molar-refractivity contribution is 7.90. The molecule has 0 aliphatic rings. The van der Waals surface area contributed by atoms with E-state index in [0.717, 1.165) is 41.3 Å². The number of nitro benzene ring substituents is 1. The van der Waals surface area contributed by atoms with E-state index in [4.69, 9.17) is 0 Å². The number of carbonyl (C=O) groups excluding carboxylic acids is 1. The van der Waals surface area contributed by atoms with Gasteiger partial charge in [0.05, 0.1) is 20.9 Å². The lowest BCUT2D eigenvalue weighted by atomic mass is 10.2. The Kier molecular flexibility index (Phi) is 5.14. The molecule has 3 aromatic rings. The zero-order chi connectivity index (χ0) is 20.5. The lowest BCUT2D eigenvalue weighted by Crippen LogP contribution is -2.27. The Morgan fingerprint density at radius 1 is 1.25 bits per heavy atom. The molecule has 1 aromatic heterocycles. The molecule has 1 heterocycles. The molecule has 0 fully saturated rings. The molecule has 0 unspecified atom stereocenters. The molecule has 0 atom stereocenters. The number of para-hydroxylation sites is 2. The summed E-state index contributed by atoms with van der Waals surface area (Å²) in [6.07, 6.45) is 0.931. The van der Waals surface area contributed by atoms with Gasteiger partial charge >= 0.3 is 0 Å². The third-order valence-corrected chi connectivity index (χ3v) is 5.35. The number of nitrogens with one attached hydrogen (secondary N) is 1. The highest BCUT2D eigenvalue weighted by Crippen LogP contribution is 2.21. The van der Waals surface area contributed by atoms with Crippen LogP contribution >= 0.6 is 0 Å². The maximum absolute atomic E-state index is 12.4. The normalized spacial score (nSPS) is 11.5. The van der Waals surface area contributed by atoms with Crippen LogP contribution in [0.1, 0.15) is 16.2 Å². The molecule has 3 rings (SSSR count). The number of imidazole rings is 1. The average Bonchev–Trinajstić information content (AvgIpc) is 2.96. The van der Waals surface area contributed by atoms with E-state index in [1.807, 2.05) is 35.8 Å². The van der Waals surface area contributed by atoms with Gasteiger partial charge in [-0.25, -0.2) is 13.4 Å². The van der Waals surface area contributed by atoms with E-state index in [1.165, 1.54) is 0 Å². The number of sulfone groups is 1. The van der Waals surface area contributed by atoms with Crippen LogP contribution in [0.2, 0.25) is 0 Å². The zero-order valence-electron chi connectivity index (χ0n) is 15.2. The second-order valence-corrected chi connectivity index (χ2v) is 8.32. The quantitative estimate of drug-likeness (QED) is 0.497. The predicted molar refractivity (Wildman–Crippen MR) is 103 cm³/mol. The Labute approximate surface area is 161 Å². The van der Waals surface area contributed by atoms with E-state index in [0.29, 0.717) is 6.54 Å². The molecular weight excluding hydrogens is 384 g/mol. The van der Waals surface area contributed by atoms with Crippen LogP contribution in [-0.4, -0.2) is 41.6 Å². The number of amides is 1. The molecular formula is C18H18N4O5S. The molecule has 10 heteroatoms. The van der Waals surface area contributed by atoms with Gasteiger partial charge in [0, 0.05) is 37.0 Å². The minimum Gasteiger partial charge on any atom is -0.350 e. The smallest absolute Gasteiger partial charge is 0.271 e. The molecule has 0 spiro atoms. The number of rotatable bonds is 6. The summed E-state index contributed by atoms with van der Waals surface area (Å²) in [5, 5.41) is 13.7. The number of carbonyl (C=O) groups is 1. The minimum absolute atomic E-state index is 0.0816. The molecule has 0 bridgehead atoms. The average molecular weight is 402 g/mol. The first kappa shape index (κ1) is 19.5. The third-order valence-electron chi connectivity index (χ3n) is 4.26. The fourth-order valence-corrected chi connectivity index (χ4v) is 3.57. The Hall–Kier alpha value is -3.27. The SMILES string of the molecule is Cc1nc2ccccc2n1CCNC(=O)c1cc([N+](=O)[O-])cc(S(C)(=O)=O)c1. The van der Waals surface area contributed by atoms with Gasteiger partial charge in [0.25, 0.3) is 11.6 Å². The van der Waals surface area contributed by atoms with Gasteiger partial charge in [-0.3, -0.25) is 14.9 Å². The van der Waals surface area contributed by atoms with Gasteiger partial charge in [0.15, 0.2) is 9.84 Å². The van der Waals surface area contributed by atoms with Gasteiger partial charge in [-0.2, -0.15) is 0 Å². The predicted octanol–water partition coefficient (Wildman–Crippen LogP) is 2.09. The second kappa shape index (κ2) is 7.39. The van der Waals surface area contributed by atoms with Crippen LogP contribution in [0.15, 0.2) is 47.4 Å². The summed E-state index contributed by atoms with van der Waals surface area (Å²) >= 11 is 0.